The largest absolute Gasteiger partial charge is 0.493 e. The van der Waals surface area contributed by atoms with Gasteiger partial charge in [0, 0.05) is 19.5 Å². The minimum absolute atomic E-state index is 0.126. The van der Waals surface area contributed by atoms with Gasteiger partial charge in [0.25, 0.3) is 0 Å². The highest BCUT2D eigenvalue weighted by molar-refractivity contribution is 5.55. The molecule has 0 bridgehead atoms. The molecular formula is C17H22N4O3. The van der Waals surface area contributed by atoms with Crippen LogP contribution in [0.15, 0.2) is 12.1 Å². The molecule has 0 amide bonds. The van der Waals surface area contributed by atoms with E-state index in [1.807, 2.05) is 12.1 Å². The zero-order valence-corrected chi connectivity index (χ0v) is 14.0. The van der Waals surface area contributed by atoms with E-state index in [2.05, 4.69) is 27.0 Å². The van der Waals surface area contributed by atoms with Crippen LogP contribution in [0.3, 0.4) is 0 Å². The third-order valence-electron chi connectivity index (χ3n) is 4.61. The third-order valence-corrected chi connectivity index (χ3v) is 4.61. The Morgan fingerprint density at radius 3 is 3.08 bits per heavy atom. The molecule has 2 aliphatic heterocycles. The summed E-state index contributed by atoms with van der Waals surface area (Å²) in [7, 11) is 1.64. The van der Waals surface area contributed by atoms with Crippen LogP contribution in [0.4, 0.5) is 0 Å². The second kappa shape index (κ2) is 6.32. The van der Waals surface area contributed by atoms with Crippen molar-refractivity contribution in [1.82, 2.24) is 20.1 Å². The van der Waals surface area contributed by atoms with Gasteiger partial charge in [0.2, 0.25) is 12.5 Å². The van der Waals surface area contributed by atoms with Crippen molar-refractivity contribution in [3.63, 3.8) is 0 Å². The number of hydrogen-bond donors (Lipinski definition) is 1. The fourth-order valence-electron chi connectivity index (χ4n) is 3.30. The molecule has 1 unspecified atom stereocenters. The molecule has 7 nitrogen and oxygen atoms in total. The molecule has 2 aliphatic rings. The van der Waals surface area contributed by atoms with Gasteiger partial charge in [-0.15, -0.1) is 10.2 Å². The van der Waals surface area contributed by atoms with Gasteiger partial charge in [-0.1, -0.05) is 0 Å². The molecule has 1 aromatic carbocycles. The van der Waals surface area contributed by atoms with Crippen LogP contribution in [0.5, 0.6) is 17.2 Å². The van der Waals surface area contributed by atoms with Gasteiger partial charge >= 0.3 is 0 Å². The average Bonchev–Trinajstić information content (AvgIpc) is 3.25. The van der Waals surface area contributed by atoms with E-state index in [9.17, 15) is 0 Å². The van der Waals surface area contributed by atoms with Crippen molar-refractivity contribution < 1.29 is 14.2 Å². The highest BCUT2D eigenvalue weighted by Gasteiger charge is 2.22. The monoisotopic (exact) mass is 330 g/mol. The summed E-state index contributed by atoms with van der Waals surface area (Å²) in [6.45, 7) is 4.07. The number of aromatic nitrogens is 3. The molecule has 24 heavy (non-hydrogen) atoms. The summed E-state index contributed by atoms with van der Waals surface area (Å²) in [5.74, 6) is 4.24. The lowest BCUT2D eigenvalue weighted by molar-refractivity contribution is 0.171. The molecule has 1 N–H and O–H groups in total. The normalized spacial score (nSPS) is 16.8. The van der Waals surface area contributed by atoms with Crippen LogP contribution >= 0.6 is 0 Å². The summed E-state index contributed by atoms with van der Waals surface area (Å²) in [5.41, 5.74) is 1.08. The molecule has 2 aromatic rings. The SMILES string of the molecule is COc1cc(CNC(C)c2nnc3n2CCCC3)cc2c1OCO2. The summed E-state index contributed by atoms with van der Waals surface area (Å²) >= 11 is 0. The van der Waals surface area contributed by atoms with E-state index in [0.717, 1.165) is 35.9 Å². The second-order valence-corrected chi connectivity index (χ2v) is 6.22. The second-order valence-electron chi connectivity index (χ2n) is 6.22. The maximum Gasteiger partial charge on any atom is 0.231 e. The van der Waals surface area contributed by atoms with Crippen LogP contribution < -0.4 is 19.5 Å². The van der Waals surface area contributed by atoms with Crippen molar-refractivity contribution in [2.45, 2.75) is 45.3 Å². The van der Waals surface area contributed by atoms with Gasteiger partial charge in [0.05, 0.1) is 13.2 Å². The van der Waals surface area contributed by atoms with Gasteiger partial charge in [-0.3, -0.25) is 0 Å². The molecule has 3 heterocycles. The Morgan fingerprint density at radius 2 is 2.21 bits per heavy atom. The molecule has 1 aromatic heterocycles. The highest BCUT2D eigenvalue weighted by atomic mass is 16.7. The Morgan fingerprint density at radius 1 is 1.29 bits per heavy atom. The molecule has 128 valence electrons. The Balaban J connectivity index is 1.48. The van der Waals surface area contributed by atoms with Crippen LogP contribution in [0, 0.1) is 0 Å². The number of nitrogens with one attached hydrogen (secondary N) is 1. The zero-order valence-electron chi connectivity index (χ0n) is 14.0. The summed E-state index contributed by atoms with van der Waals surface area (Å²) < 4.78 is 18.6. The first kappa shape index (κ1) is 15.3. The number of ether oxygens (including phenoxy) is 3. The third kappa shape index (κ3) is 2.69. The van der Waals surface area contributed by atoms with Gasteiger partial charge < -0.3 is 24.1 Å². The quantitative estimate of drug-likeness (QED) is 0.906. The lowest BCUT2D eigenvalue weighted by Gasteiger charge is -2.19. The number of fused-ring (bicyclic) bond motifs is 2. The molecule has 0 saturated carbocycles. The lowest BCUT2D eigenvalue weighted by atomic mass is 10.1. The lowest BCUT2D eigenvalue weighted by Crippen LogP contribution is -2.23. The smallest absolute Gasteiger partial charge is 0.231 e. The van der Waals surface area contributed by atoms with E-state index >= 15 is 0 Å². The first-order valence-electron chi connectivity index (χ1n) is 8.38. The molecule has 4 rings (SSSR count). The molecule has 0 saturated heterocycles. The standard InChI is InChI=1S/C17H22N4O3/c1-11(17-20-19-15-5-3-4-6-21(15)17)18-9-12-7-13(22-2)16-14(8-12)23-10-24-16/h7-8,11,18H,3-6,9-10H2,1-2H3. The first-order chi connectivity index (χ1) is 11.8. The van der Waals surface area contributed by atoms with Gasteiger partial charge in [-0.05, 0) is 37.5 Å². The van der Waals surface area contributed by atoms with Crippen molar-refractivity contribution in [3.05, 3.63) is 29.3 Å². The summed E-state index contributed by atoms with van der Waals surface area (Å²) in [5, 5.41) is 12.2. The zero-order chi connectivity index (χ0) is 16.5. The Kier molecular flexibility index (Phi) is 4.02. The molecule has 1 atom stereocenters. The fraction of sp³-hybridized carbons (Fsp3) is 0.529. The number of nitrogens with zero attached hydrogens (tertiary/aromatic N) is 3. The van der Waals surface area contributed by atoms with Crippen LogP contribution in [0.2, 0.25) is 0 Å². The van der Waals surface area contributed by atoms with Crippen LogP contribution in [0.1, 0.15) is 43.0 Å². The van der Waals surface area contributed by atoms with Crippen molar-refractivity contribution >= 4 is 0 Å². The average molecular weight is 330 g/mol. The Hall–Kier alpha value is -2.28. The van der Waals surface area contributed by atoms with E-state index in [4.69, 9.17) is 14.2 Å². The summed E-state index contributed by atoms with van der Waals surface area (Å²) in [6, 6.07) is 4.09. The predicted octanol–water partition coefficient (Wildman–Crippen LogP) is 2.20. The van der Waals surface area contributed by atoms with Crippen molar-refractivity contribution in [3.8, 4) is 17.2 Å². The van der Waals surface area contributed by atoms with E-state index in [-0.39, 0.29) is 12.8 Å². The maximum atomic E-state index is 5.48. The van der Waals surface area contributed by atoms with Crippen molar-refractivity contribution in [2.24, 2.45) is 0 Å². The number of aryl methyl sites for hydroxylation is 1. The van der Waals surface area contributed by atoms with Crippen LogP contribution in [-0.2, 0) is 19.5 Å². The van der Waals surface area contributed by atoms with E-state index < -0.39 is 0 Å². The van der Waals surface area contributed by atoms with Crippen molar-refractivity contribution in [1.29, 1.82) is 0 Å². The van der Waals surface area contributed by atoms with E-state index in [0.29, 0.717) is 18.0 Å². The molecular weight excluding hydrogens is 308 g/mol. The molecule has 0 spiro atoms. The highest BCUT2D eigenvalue weighted by Crippen LogP contribution is 2.41. The molecule has 0 fully saturated rings. The Bertz CT molecular complexity index is 744. The van der Waals surface area contributed by atoms with Gasteiger partial charge in [-0.25, -0.2) is 0 Å². The topological polar surface area (TPSA) is 70.4 Å². The van der Waals surface area contributed by atoms with Crippen LogP contribution in [0.25, 0.3) is 0 Å². The summed E-state index contributed by atoms with van der Waals surface area (Å²) in [6.07, 6.45) is 3.43. The van der Waals surface area contributed by atoms with Gasteiger partial charge in [0.1, 0.15) is 11.6 Å². The van der Waals surface area contributed by atoms with E-state index in [1.54, 1.807) is 7.11 Å². The minimum Gasteiger partial charge on any atom is -0.493 e. The van der Waals surface area contributed by atoms with Gasteiger partial charge in [-0.2, -0.15) is 0 Å². The maximum absolute atomic E-state index is 5.48. The minimum atomic E-state index is 0.126. The number of benzene rings is 1. The van der Waals surface area contributed by atoms with E-state index in [1.165, 1.54) is 12.8 Å². The fourth-order valence-corrected chi connectivity index (χ4v) is 3.30. The number of hydrogen-bond acceptors (Lipinski definition) is 6. The molecule has 0 aliphatic carbocycles. The molecule has 0 radical (unpaired) electrons. The Labute approximate surface area is 140 Å². The van der Waals surface area contributed by atoms with Crippen molar-refractivity contribution in [2.75, 3.05) is 13.9 Å². The number of rotatable bonds is 5. The summed E-state index contributed by atoms with van der Waals surface area (Å²) in [4.78, 5) is 0. The van der Waals surface area contributed by atoms with Gasteiger partial charge in [0.15, 0.2) is 11.5 Å². The predicted molar refractivity (Wildman–Crippen MR) is 87.3 cm³/mol. The molecule has 7 heteroatoms. The number of methoxy groups -OCH3 is 1. The first-order valence-corrected chi connectivity index (χ1v) is 8.38. The van der Waals surface area contributed by atoms with Crippen LogP contribution in [-0.4, -0.2) is 28.7 Å².